The molecule has 0 bridgehead atoms. The molecule has 8 nitrogen and oxygen atoms in total. The minimum atomic E-state index is -0.795. The number of ether oxygens (including phenoxy) is 2. The normalized spacial score (nSPS) is 10.4. The van der Waals surface area contributed by atoms with E-state index in [1.807, 2.05) is 53.4 Å². The second-order valence-corrected chi connectivity index (χ2v) is 7.78. The van der Waals surface area contributed by atoms with Gasteiger partial charge < -0.3 is 24.7 Å². The first-order valence-electron chi connectivity index (χ1n) is 11.4. The molecule has 0 spiro atoms. The predicted molar refractivity (Wildman–Crippen MR) is 135 cm³/mol. The lowest BCUT2D eigenvalue weighted by Gasteiger charge is -2.09. The Bertz CT molecular complexity index is 1310. The number of hydrogen-bond donors (Lipinski definition) is 2. The zero-order valence-corrected chi connectivity index (χ0v) is 19.6. The molecule has 1 aromatic heterocycles. The van der Waals surface area contributed by atoms with Crippen LogP contribution in [0.25, 0.3) is 5.69 Å². The average Bonchev–Trinajstić information content (AvgIpc) is 3.44. The molecule has 2 N–H and O–H groups in total. The summed E-state index contributed by atoms with van der Waals surface area (Å²) < 4.78 is 11.7. The number of nitrogens with zero attached hydrogens (tertiary/aromatic N) is 1. The third-order valence-corrected chi connectivity index (χ3v) is 5.28. The molecule has 0 aliphatic heterocycles. The van der Waals surface area contributed by atoms with Gasteiger partial charge in [-0.15, -0.1) is 0 Å². The maximum absolute atomic E-state index is 12.5. The Hall–Kier alpha value is -4.85. The van der Waals surface area contributed by atoms with Crippen LogP contribution in [0.2, 0.25) is 0 Å². The van der Waals surface area contributed by atoms with Crippen LogP contribution in [0, 0.1) is 0 Å². The van der Waals surface area contributed by atoms with E-state index in [-0.39, 0.29) is 24.2 Å². The molecule has 0 unspecified atom stereocenters. The van der Waals surface area contributed by atoms with Crippen LogP contribution in [0.5, 0.6) is 5.75 Å². The molecular weight excluding hydrogens is 458 g/mol. The van der Waals surface area contributed by atoms with Gasteiger partial charge in [-0.25, -0.2) is 4.79 Å². The second kappa shape index (κ2) is 11.5. The van der Waals surface area contributed by atoms with E-state index < -0.39 is 6.16 Å². The zero-order chi connectivity index (χ0) is 25.3. The van der Waals surface area contributed by atoms with Crippen LogP contribution in [-0.4, -0.2) is 29.1 Å². The van der Waals surface area contributed by atoms with Gasteiger partial charge in [0.15, 0.2) is 0 Å². The lowest BCUT2D eigenvalue weighted by molar-refractivity contribution is 0.0949. The second-order valence-electron chi connectivity index (χ2n) is 7.78. The smallest absolute Gasteiger partial charge is 0.434 e. The lowest BCUT2D eigenvalue weighted by atomic mass is 10.1. The van der Waals surface area contributed by atoms with Gasteiger partial charge >= 0.3 is 6.16 Å². The summed E-state index contributed by atoms with van der Waals surface area (Å²) in [5.41, 5.74) is 3.47. The van der Waals surface area contributed by atoms with Crippen LogP contribution in [-0.2, 0) is 11.3 Å². The van der Waals surface area contributed by atoms with Gasteiger partial charge in [0.25, 0.3) is 11.8 Å². The molecule has 0 saturated heterocycles. The third-order valence-electron chi connectivity index (χ3n) is 5.28. The van der Waals surface area contributed by atoms with E-state index in [1.54, 1.807) is 43.3 Å². The SMILES string of the molecule is CCOC(=O)Oc1ccc(C(=O)Nc2ccc(CNC(=O)c3ccc(-n4cccc4)cc3)cc2)cc1. The number of anilines is 1. The largest absolute Gasteiger partial charge is 0.513 e. The van der Waals surface area contributed by atoms with Gasteiger partial charge in [-0.2, -0.15) is 0 Å². The first-order valence-corrected chi connectivity index (χ1v) is 11.4. The molecule has 0 atom stereocenters. The number of hydrogen-bond acceptors (Lipinski definition) is 5. The Morgan fingerprint density at radius 2 is 1.39 bits per heavy atom. The minimum absolute atomic E-state index is 0.165. The molecule has 2 amide bonds. The van der Waals surface area contributed by atoms with E-state index in [0.29, 0.717) is 23.4 Å². The highest BCUT2D eigenvalue weighted by atomic mass is 16.7. The molecule has 182 valence electrons. The molecule has 3 aromatic carbocycles. The number of nitrogens with one attached hydrogen (secondary N) is 2. The quantitative estimate of drug-likeness (QED) is 0.265. The van der Waals surface area contributed by atoms with Crippen LogP contribution < -0.4 is 15.4 Å². The van der Waals surface area contributed by atoms with Crippen molar-refractivity contribution in [2.45, 2.75) is 13.5 Å². The summed E-state index contributed by atoms with van der Waals surface area (Å²) in [6.07, 6.45) is 3.09. The van der Waals surface area contributed by atoms with E-state index in [1.165, 1.54) is 12.1 Å². The summed E-state index contributed by atoms with van der Waals surface area (Å²) in [6, 6.07) is 24.6. The molecule has 1 heterocycles. The Kier molecular flexibility index (Phi) is 7.77. The molecular formula is C28H25N3O5. The standard InChI is InChI=1S/C28H25N3O5/c1-2-35-28(34)36-25-15-9-22(10-16-25)27(33)30-23-11-5-20(6-12-23)19-29-26(32)21-7-13-24(14-8-21)31-17-3-4-18-31/h3-18H,2,19H2,1H3,(H,29,32)(H,30,33). The van der Waals surface area contributed by atoms with E-state index in [2.05, 4.69) is 10.6 Å². The average molecular weight is 484 g/mol. The fourth-order valence-corrected chi connectivity index (χ4v) is 3.40. The van der Waals surface area contributed by atoms with Gasteiger partial charge in [-0.3, -0.25) is 9.59 Å². The monoisotopic (exact) mass is 483 g/mol. The van der Waals surface area contributed by atoms with Crippen molar-refractivity contribution in [1.29, 1.82) is 0 Å². The van der Waals surface area contributed by atoms with Crippen LogP contribution in [0.4, 0.5) is 10.5 Å². The Balaban J connectivity index is 1.27. The topological polar surface area (TPSA) is 98.7 Å². The Morgan fingerprint density at radius 1 is 0.778 bits per heavy atom. The zero-order valence-electron chi connectivity index (χ0n) is 19.6. The molecule has 4 aromatic rings. The van der Waals surface area contributed by atoms with Gasteiger partial charge in [-0.1, -0.05) is 12.1 Å². The first-order chi connectivity index (χ1) is 17.5. The molecule has 8 heteroatoms. The molecule has 0 aliphatic rings. The molecule has 36 heavy (non-hydrogen) atoms. The van der Waals surface area contributed by atoms with E-state index in [0.717, 1.165) is 11.3 Å². The highest BCUT2D eigenvalue weighted by Gasteiger charge is 2.10. The van der Waals surface area contributed by atoms with Gasteiger partial charge in [0, 0.05) is 41.4 Å². The molecule has 0 saturated carbocycles. The van der Waals surface area contributed by atoms with Crippen molar-refractivity contribution < 1.29 is 23.9 Å². The highest BCUT2D eigenvalue weighted by Crippen LogP contribution is 2.16. The number of aromatic nitrogens is 1. The molecule has 0 aliphatic carbocycles. The van der Waals surface area contributed by atoms with Crippen molar-refractivity contribution in [2.24, 2.45) is 0 Å². The van der Waals surface area contributed by atoms with Gasteiger partial charge in [-0.05, 0) is 85.3 Å². The van der Waals surface area contributed by atoms with Crippen LogP contribution in [0.3, 0.4) is 0 Å². The van der Waals surface area contributed by atoms with E-state index >= 15 is 0 Å². The van der Waals surface area contributed by atoms with Gasteiger partial charge in [0.2, 0.25) is 0 Å². The summed E-state index contributed by atoms with van der Waals surface area (Å²) >= 11 is 0. The van der Waals surface area contributed by atoms with Crippen LogP contribution in [0.1, 0.15) is 33.2 Å². The third kappa shape index (κ3) is 6.38. The number of amides is 2. The minimum Gasteiger partial charge on any atom is -0.434 e. The van der Waals surface area contributed by atoms with Crippen molar-refractivity contribution in [2.75, 3.05) is 11.9 Å². The fraction of sp³-hybridized carbons (Fsp3) is 0.107. The number of carbonyl (C=O) groups is 3. The van der Waals surface area contributed by atoms with Crippen LogP contribution >= 0.6 is 0 Å². The lowest BCUT2D eigenvalue weighted by Crippen LogP contribution is -2.22. The van der Waals surface area contributed by atoms with Gasteiger partial charge in [0.05, 0.1) is 6.61 Å². The fourth-order valence-electron chi connectivity index (χ4n) is 3.40. The summed E-state index contributed by atoms with van der Waals surface area (Å²) in [6.45, 7) is 2.25. The molecule has 4 rings (SSSR count). The Morgan fingerprint density at radius 3 is 2.03 bits per heavy atom. The number of carbonyl (C=O) groups excluding carboxylic acids is 3. The summed E-state index contributed by atoms with van der Waals surface area (Å²) in [5.74, 6) is -0.183. The summed E-state index contributed by atoms with van der Waals surface area (Å²) in [7, 11) is 0. The maximum atomic E-state index is 12.5. The van der Waals surface area contributed by atoms with Gasteiger partial charge in [0.1, 0.15) is 5.75 Å². The number of benzene rings is 3. The van der Waals surface area contributed by atoms with Crippen molar-refractivity contribution in [3.8, 4) is 11.4 Å². The van der Waals surface area contributed by atoms with E-state index in [9.17, 15) is 14.4 Å². The molecule has 0 fully saturated rings. The first kappa shape index (κ1) is 24.3. The van der Waals surface area contributed by atoms with Crippen molar-refractivity contribution >= 4 is 23.7 Å². The maximum Gasteiger partial charge on any atom is 0.513 e. The molecule has 0 radical (unpaired) electrons. The summed E-state index contributed by atoms with van der Waals surface area (Å²) in [5, 5.41) is 5.72. The predicted octanol–water partition coefficient (Wildman–Crippen LogP) is 5.19. The van der Waals surface area contributed by atoms with Crippen molar-refractivity contribution in [1.82, 2.24) is 9.88 Å². The van der Waals surface area contributed by atoms with Crippen LogP contribution in [0.15, 0.2) is 97.3 Å². The number of rotatable bonds is 8. The van der Waals surface area contributed by atoms with E-state index in [4.69, 9.17) is 9.47 Å². The van der Waals surface area contributed by atoms with Crippen molar-refractivity contribution in [3.63, 3.8) is 0 Å². The Labute approximate surface area is 208 Å². The summed E-state index contributed by atoms with van der Waals surface area (Å²) in [4.78, 5) is 36.4. The highest BCUT2D eigenvalue weighted by molar-refractivity contribution is 6.04. The van der Waals surface area contributed by atoms with Crippen molar-refractivity contribution in [3.05, 3.63) is 114 Å².